The van der Waals surface area contributed by atoms with Crippen LogP contribution in [0.25, 0.3) is 0 Å². The van der Waals surface area contributed by atoms with Crippen molar-refractivity contribution in [3.8, 4) is 5.75 Å². The molecule has 6 nitrogen and oxygen atoms in total. The number of sulfonamides is 1. The Balaban J connectivity index is 2.10. The normalized spacial score (nSPS) is 13.3. The summed E-state index contributed by atoms with van der Waals surface area (Å²) >= 11 is 5.66. The number of aromatic nitrogens is 2. The minimum Gasteiger partial charge on any atom is -0.497 e. The predicted molar refractivity (Wildman–Crippen MR) is 105 cm³/mol. The van der Waals surface area contributed by atoms with Gasteiger partial charge in [0, 0.05) is 24.5 Å². The molecule has 0 aliphatic heterocycles. The van der Waals surface area contributed by atoms with E-state index in [1.54, 1.807) is 42.1 Å². The molecule has 1 aromatic heterocycles. The number of nitrogens with zero attached hydrogens (tertiary/aromatic N) is 2. The third-order valence-electron chi connectivity index (χ3n) is 4.38. The largest absolute Gasteiger partial charge is 0.497 e. The van der Waals surface area contributed by atoms with Crippen LogP contribution >= 0.6 is 11.6 Å². The number of hydrogen-bond donors (Lipinski definition) is 1. The van der Waals surface area contributed by atoms with Crippen molar-refractivity contribution in [2.45, 2.75) is 17.1 Å². The van der Waals surface area contributed by atoms with Crippen molar-refractivity contribution in [2.75, 3.05) is 7.11 Å². The number of halogens is 4. The number of nitrogens with one attached hydrogen (secondary N) is 1. The molecule has 0 aliphatic carbocycles. The highest BCUT2D eigenvalue weighted by molar-refractivity contribution is 7.89. The third-order valence-corrected chi connectivity index (χ3v) is 6.09. The number of methoxy groups -OCH3 is 1. The van der Waals surface area contributed by atoms with Gasteiger partial charge in [-0.1, -0.05) is 23.7 Å². The molecule has 0 amide bonds. The SMILES string of the molecule is COc1ccc([C@H](NS(=O)(=O)c2ccc(Cl)cc2C(F)(F)F)c2nccn2C)cc1. The van der Waals surface area contributed by atoms with Gasteiger partial charge in [0.1, 0.15) is 17.6 Å². The average molecular weight is 460 g/mol. The zero-order chi connectivity index (χ0) is 22.1. The van der Waals surface area contributed by atoms with E-state index in [0.717, 1.165) is 12.1 Å². The maximum Gasteiger partial charge on any atom is 0.417 e. The molecule has 0 radical (unpaired) electrons. The molecule has 3 aromatic rings. The Labute approximate surface area is 176 Å². The topological polar surface area (TPSA) is 73.2 Å². The van der Waals surface area contributed by atoms with Crippen LogP contribution in [-0.4, -0.2) is 25.1 Å². The maximum atomic E-state index is 13.5. The van der Waals surface area contributed by atoms with Crippen molar-refractivity contribution in [3.63, 3.8) is 0 Å². The van der Waals surface area contributed by atoms with Crippen LogP contribution in [0.3, 0.4) is 0 Å². The van der Waals surface area contributed by atoms with E-state index < -0.39 is 32.7 Å². The van der Waals surface area contributed by atoms with E-state index in [9.17, 15) is 21.6 Å². The van der Waals surface area contributed by atoms with Gasteiger partial charge in [-0.05, 0) is 35.9 Å². The Morgan fingerprint density at radius 2 is 1.83 bits per heavy atom. The molecule has 11 heteroatoms. The first-order valence-corrected chi connectivity index (χ1v) is 10.4. The Morgan fingerprint density at radius 3 is 2.37 bits per heavy atom. The molecule has 0 unspecified atom stereocenters. The number of imidazole rings is 1. The molecule has 0 fully saturated rings. The van der Waals surface area contributed by atoms with Crippen molar-refractivity contribution in [3.05, 3.63) is 76.8 Å². The highest BCUT2D eigenvalue weighted by Gasteiger charge is 2.38. The van der Waals surface area contributed by atoms with Gasteiger partial charge in [0.25, 0.3) is 0 Å². The summed E-state index contributed by atoms with van der Waals surface area (Å²) in [6.07, 6.45) is -1.85. The van der Waals surface area contributed by atoms with Crippen LogP contribution in [0.2, 0.25) is 5.02 Å². The highest BCUT2D eigenvalue weighted by atomic mass is 35.5. The molecular formula is C19H17ClF3N3O3S. The summed E-state index contributed by atoms with van der Waals surface area (Å²) in [5.74, 6) is 0.837. The van der Waals surface area contributed by atoms with Gasteiger partial charge in [0.2, 0.25) is 10.0 Å². The first-order chi connectivity index (χ1) is 14.0. The van der Waals surface area contributed by atoms with E-state index in [-0.39, 0.29) is 5.02 Å². The second kappa shape index (κ2) is 8.29. The molecule has 0 saturated heterocycles. The molecule has 160 valence electrons. The second-order valence-corrected chi connectivity index (χ2v) is 8.48. The molecule has 0 bridgehead atoms. The van der Waals surface area contributed by atoms with Crippen molar-refractivity contribution >= 4 is 21.6 Å². The van der Waals surface area contributed by atoms with Crippen LogP contribution in [0.4, 0.5) is 13.2 Å². The number of hydrogen-bond acceptors (Lipinski definition) is 4. The first-order valence-electron chi connectivity index (χ1n) is 8.53. The zero-order valence-corrected chi connectivity index (χ0v) is 17.4. The van der Waals surface area contributed by atoms with Gasteiger partial charge in [0.15, 0.2) is 0 Å². The summed E-state index contributed by atoms with van der Waals surface area (Å²) in [5, 5.41) is -0.225. The van der Waals surface area contributed by atoms with E-state index in [2.05, 4.69) is 9.71 Å². The summed E-state index contributed by atoms with van der Waals surface area (Å²) in [5.41, 5.74) is -0.882. The van der Waals surface area contributed by atoms with E-state index in [0.29, 0.717) is 23.2 Å². The van der Waals surface area contributed by atoms with E-state index in [1.165, 1.54) is 13.3 Å². The lowest BCUT2D eigenvalue weighted by molar-refractivity contribution is -0.139. The van der Waals surface area contributed by atoms with Crippen LogP contribution in [0, 0.1) is 0 Å². The average Bonchev–Trinajstić information content (AvgIpc) is 3.11. The Kier molecular flexibility index (Phi) is 6.11. The molecule has 2 aromatic carbocycles. The van der Waals surface area contributed by atoms with Gasteiger partial charge in [0.05, 0.1) is 17.6 Å². The Bertz CT molecular complexity index is 1150. The van der Waals surface area contributed by atoms with Crippen LogP contribution in [0.5, 0.6) is 5.75 Å². The minimum absolute atomic E-state index is 0.225. The van der Waals surface area contributed by atoms with E-state index >= 15 is 0 Å². The smallest absolute Gasteiger partial charge is 0.417 e. The fourth-order valence-electron chi connectivity index (χ4n) is 2.90. The summed E-state index contributed by atoms with van der Waals surface area (Å²) in [4.78, 5) is 3.24. The van der Waals surface area contributed by atoms with Crippen molar-refractivity contribution in [2.24, 2.45) is 7.05 Å². The van der Waals surface area contributed by atoms with Gasteiger partial charge in [-0.2, -0.15) is 17.9 Å². The molecule has 1 atom stereocenters. The second-order valence-electron chi connectivity index (χ2n) is 6.36. The van der Waals surface area contributed by atoms with Gasteiger partial charge in [-0.3, -0.25) is 0 Å². The van der Waals surface area contributed by atoms with E-state index in [4.69, 9.17) is 16.3 Å². The summed E-state index contributed by atoms with van der Waals surface area (Å²) in [7, 11) is -1.48. The number of aryl methyl sites for hydroxylation is 1. The Hall–Kier alpha value is -2.56. The summed E-state index contributed by atoms with van der Waals surface area (Å²) in [6.45, 7) is 0. The van der Waals surface area contributed by atoms with E-state index in [1.807, 2.05) is 0 Å². The van der Waals surface area contributed by atoms with Crippen molar-refractivity contribution in [1.82, 2.24) is 14.3 Å². The lowest BCUT2D eigenvalue weighted by Gasteiger charge is -2.21. The molecule has 0 spiro atoms. The maximum absolute atomic E-state index is 13.5. The summed E-state index contributed by atoms with van der Waals surface area (Å²) < 4.78 is 75.4. The van der Waals surface area contributed by atoms with Crippen LogP contribution in [0.1, 0.15) is 23.0 Å². The number of ether oxygens (including phenoxy) is 1. The quantitative estimate of drug-likeness (QED) is 0.600. The number of benzene rings is 2. The molecule has 30 heavy (non-hydrogen) atoms. The van der Waals surface area contributed by atoms with Crippen LogP contribution < -0.4 is 9.46 Å². The fourth-order valence-corrected chi connectivity index (χ4v) is 4.46. The van der Waals surface area contributed by atoms with Crippen LogP contribution in [-0.2, 0) is 23.2 Å². The van der Waals surface area contributed by atoms with Crippen molar-refractivity contribution in [1.29, 1.82) is 0 Å². The summed E-state index contributed by atoms with van der Waals surface area (Å²) in [6, 6.07) is 7.90. The molecule has 0 aliphatic rings. The fraction of sp³-hybridized carbons (Fsp3) is 0.211. The first kappa shape index (κ1) is 22.1. The minimum atomic E-state index is -4.91. The van der Waals surface area contributed by atoms with Crippen LogP contribution in [0.15, 0.2) is 59.8 Å². The van der Waals surface area contributed by atoms with Gasteiger partial charge in [-0.25, -0.2) is 13.4 Å². The lowest BCUT2D eigenvalue weighted by Crippen LogP contribution is -2.32. The molecule has 1 heterocycles. The van der Waals surface area contributed by atoms with Gasteiger partial charge >= 0.3 is 6.18 Å². The lowest BCUT2D eigenvalue weighted by atomic mass is 10.1. The van der Waals surface area contributed by atoms with Gasteiger partial charge < -0.3 is 9.30 Å². The molecule has 3 rings (SSSR count). The number of alkyl halides is 3. The highest BCUT2D eigenvalue weighted by Crippen LogP contribution is 2.36. The van der Waals surface area contributed by atoms with Crippen molar-refractivity contribution < 1.29 is 26.3 Å². The predicted octanol–water partition coefficient (Wildman–Crippen LogP) is 4.17. The number of rotatable bonds is 6. The third kappa shape index (κ3) is 4.61. The van der Waals surface area contributed by atoms with Gasteiger partial charge in [-0.15, -0.1) is 0 Å². The molecule has 1 N–H and O–H groups in total. The molecule has 0 saturated carbocycles. The zero-order valence-electron chi connectivity index (χ0n) is 15.8. The Morgan fingerprint density at radius 1 is 1.17 bits per heavy atom. The monoisotopic (exact) mass is 459 g/mol. The standard InChI is InChI=1S/C19H17ClF3N3O3S/c1-26-10-9-24-18(26)17(12-3-6-14(29-2)7-4-12)25-30(27,28)16-8-5-13(20)11-15(16)19(21,22)23/h3-11,17,25H,1-2H3/t17-/m0/s1. The molecular weight excluding hydrogens is 443 g/mol.